The fraction of sp³-hybridized carbons (Fsp3) is 0.174. The molecule has 1 unspecified atom stereocenters. The zero-order chi connectivity index (χ0) is 19.3. The van der Waals surface area contributed by atoms with Crippen LogP contribution < -0.4 is 10.6 Å². The Morgan fingerprint density at radius 3 is 2.43 bits per heavy atom. The Bertz CT molecular complexity index is 930. The summed E-state index contributed by atoms with van der Waals surface area (Å²) < 4.78 is 0. The predicted molar refractivity (Wildman–Crippen MR) is 108 cm³/mol. The third-order valence-corrected chi connectivity index (χ3v) is 4.73. The normalized spacial score (nSPS) is 14.1. The molecule has 1 aromatic heterocycles. The number of hydrogen-bond acceptors (Lipinski definition) is 3. The summed E-state index contributed by atoms with van der Waals surface area (Å²) >= 11 is 0. The Balaban J connectivity index is 1.55. The topological polar surface area (TPSA) is 71.1 Å². The van der Waals surface area contributed by atoms with E-state index in [1.807, 2.05) is 48.5 Å². The highest BCUT2D eigenvalue weighted by Gasteiger charge is 2.29. The zero-order valence-corrected chi connectivity index (χ0v) is 15.3. The summed E-state index contributed by atoms with van der Waals surface area (Å²) in [4.78, 5) is 29.3. The SMILES string of the molecule is O=C(NC(c1ccccc1)c1ccccn1)c1cccc(NC(=O)C2CC2)c1. The summed E-state index contributed by atoms with van der Waals surface area (Å²) in [5, 5.41) is 5.95. The van der Waals surface area contributed by atoms with E-state index in [2.05, 4.69) is 15.6 Å². The van der Waals surface area contributed by atoms with Crippen molar-refractivity contribution in [2.24, 2.45) is 5.92 Å². The van der Waals surface area contributed by atoms with E-state index in [9.17, 15) is 9.59 Å². The molecule has 140 valence electrons. The van der Waals surface area contributed by atoms with Crippen LogP contribution in [-0.4, -0.2) is 16.8 Å². The van der Waals surface area contributed by atoms with Gasteiger partial charge in [-0.25, -0.2) is 0 Å². The number of pyridine rings is 1. The summed E-state index contributed by atoms with van der Waals surface area (Å²) in [7, 11) is 0. The molecule has 5 heteroatoms. The molecule has 0 spiro atoms. The number of nitrogens with one attached hydrogen (secondary N) is 2. The van der Waals surface area contributed by atoms with Crippen LogP contribution in [0.3, 0.4) is 0 Å². The summed E-state index contributed by atoms with van der Waals surface area (Å²) in [6.45, 7) is 0. The Labute approximate surface area is 163 Å². The molecule has 2 aromatic carbocycles. The second kappa shape index (κ2) is 8.05. The van der Waals surface area contributed by atoms with E-state index in [0.717, 1.165) is 24.1 Å². The maximum absolute atomic E-state index is 12.9. The van der Waals surface area contributed by atoms with Crippen LogP contribution in [0.15, 0.2) is 79.0 Å². The van der Waals surface area contributed by atoms with Crippen LogP contribution >= 0.6 is 0 Å². The van der Waals surface area contributed by atoms with E-state index in [-0.39, 0.29) is 23.8 Å². The fourth-order valence-corrected chi connectivity index (χ4v) is 3.06. The van der Waals surface area contributed by atoms with Crippen LogP contribution in [0.25, 0.3) is 0 Å². The predicted octanol–water partition coefficient (Wildman–Crippen LogP) is 3.95. The molecule has 1 heterocycles. The first-order valence-electron chi connectivity index (χ1n) is 9.38. The standard InChI is InChI=1S/C23H21N3O2/c27-22(17-12-13-17)25-19-10-6-9-18(15-19)23(28)26-21(16-7-2-1-3-8-16)20-11-4-5-14-24-20/h1-11,14-15,17,21H,12-13H2,(H,25,27)(H,26,28). The molecular formula is C23H21N3O2. The van der Waals surface area contributed by atoms with Gasteiger partial charge in [-0.1, -0.05) is 42.5 Å². The number of benzene rings is 2. The van der Waals surface area contributed by atoms with Crippen LogP contribution in [0.5, 0.6) is 0 Å². The number of hydrogen-bond donors (Lipinski definition) is 2. The lowest BCUT2D eigenvalue weighted by molar-refractivity contribution is -0.117. The van der Waals surface area contributed by atoms with Crippen molar-refractivity contribution in [1.29, 1.82) is 0 Å². The second-order valence-corrected chi connectivity index (χ2v) is 6.92. The number of carbonyl (C=O) groups excluding carboxylic acids is 2. The van der Waals surface area contributed by atoms with Gasteiger partial charge in [-0.15, -0.1) is 0 Å². The summed E-state index contributed by atoms with van der Waals surface area (Å²) in [5.41, 5.74) is 2.84. The first-order valence-corrected chi connectivity index (χ1v) is 9.38. The Morgan fingerprint density at radius 2 is 1.71 bits per heavy atom. The van der Waals surface area contributed by atoms with E-state index in [1.165, 1.54) is 0 Å². The maximum atomic E-state index is 12.9. The lowest BCUT2D eigenvalue weighted by Crippen LogP contribution is -2.30. The van der Waals surface area contributed by atoms with Crippen LogP contribution in [0.2, 0.25) is 0 Å². The number of rotatable bonds is 6. The molecule has 1 aliphatic carbocycles. The summed E-state index contributed by atoms with van der Waals surface area (Å²) in [5.74, 6) is -0.0840. The zero-order valence-electron chi connectivity index (χ0n) is 15.3. The molecule has 0 bridgehead atoms. The number of carbonyl (C=O) groups is 2. The minimum Gasteiger partial charge on any atom is -0.340 e. The highest BCUT2D eigenvalue weighted by Crippen LogP contribution is 2.30. The van der Waals surface area contributed by atoms with Crippen LogP contribution in [-0.2, 0) is 4.79 Å². The summed E-state index contributed by atoms with van der Waals surface area (Å²) in [6, 6.07) is 22.0. The molecule has 1 atom stereocenters. The number of aromatic nitrogens is 1. The van der Waals surface area contributed by atoms with Gasteiger partial charge in [-0.2, -0.15) is 0 Å². The van der Waals surface area contributed by atoms with E-state index in [1.54, 1.807) is 30.5 Å². The quantitative estimate of drug-likeness (QED) is 0.689. The largest absolute Gasteiger partial charge is 0.340 e. The average Bonchev–Trinajstić information content (AvgIpc) is 3.59. The summed E-state index contributed by atoms with van der Waals surface area (Å²) in [6.07, 6.45) is 3.59. The van der Waals surface area contributed by atoms with Crippen LogP contribution in [0.1, 0.15) is 40.5 Å². The van der Waals surface area contributed by atoms with Gasteiger partial charge in [0.15, 0.2) is 0 Å². The molecule has 2 amide bonds. The molecular weight excluding hydrogens is 350 g/mol. The van der Waals surface area contributed by atoms with Crippen molar-refractivity contribution in [3.8, 4) is 0 Å². The second-order valence-electron chi connectivity index (χ2n) is 6.92. The van der Waals surface area contributed by atoms with Crippen molar-refractivity contribution in [3.63, 3.8) is 0 Å². The van der Waals surface area contributed by atoms with Crippen molar-refractivity contribution >= 4 is 17.5 Å². The highest BCUT2D eigenvalue weighted by atomic mass is 16.2. The van der Waals surface area contributed by atoms with Gasteiger partial charge in [0.2, 0.25) is 5.91 Å². The van der Waals surface area contributed by atoms with Crippen molar-refractivity contribution in [1.82, 2.24) is 10.3 Å². The van der Waals surface area contributed by atoms with Gasteiger partial charge in [0.25, 0.3) is 5.91 Å². The van der Waals surface area contributed by atoms with Crippen LogP contribution in [0.4, 0.5) is 5.69 Å². The van der Waals surface area contributed by atoms with Gasteiger partial charge in [0.1, 0.15) is 0 Å². The smallest absolute Gasteiger partial charge is 0.252 e. The molecule has 0 radical (unpaired) electrons. The van der Waals surface area contributed by atoms with Crippen LogP contribution in [0, 0.1) is 5.92 Å². The third-order valence-electron chi connectivity index (χ3n) is 4.73. The lowest BCUT2D eigenvalue weighted by atomic mass is 10.0. The molecule has 4 rings (SSSR count). The minimum atomic E-state index is -0.361. The third kappa shape index (κ3) is 4.26. The highest BCUT2D eigenvalue weighted by molar-refractivity contribution is 5.98. The molecule has 1 fully saturated rings. The van der Waals surface area contributed by atoms with Gasteiger partial charge in [-0.05, 0) is 48.7 Å². The first kappa shape index (κ1) is 17.9. The molecule has 5 nitrogen and oxygen atoms in total. The van der Waals surface area contributed by atoms with Crippen molar-refractivity contribution in [2.75, 3.05) is 5.32 Å². The first-order chi connectivity index (χ1) is 13.7. The number of anilines is 1. The molecule has 28 heavy (non-hydrogen) atoms. The van der Waals surface area contributed by atoms with Gasteiger partial charge in [-0.3, -0.25) is 14.6 Å². The van der Waals surface area contributed by atoms with Gasteiger partial charge in [0, 0.05) is 23.4 Å². The minimum absolute atomic E-state index is 0.0215. The lowest BCUT2D eigenvalue weighted by Gasteiger charge is -2.19. The molecule has 1 aliphatic rings. The molecule has 3 aromatic rings. The average molecular weight is 371 g/mol. The fourth-order valence-electron chi connectivity index (χ4n) is 3.06. The number of nitrogens with zero attached hydrogens (tertiary/aromatic N) is 1. The van der Waals surface area contributed by atoms with Gasteiger partial charge < -0.3 is 10.6 Å². The van der Waals surface area contributed by atoms with E-state index in [4.69, 9.17) is 0 Å². The monoisotopic (exact) mass is 371 g/mol. The van der Waals surface area contributed by atoms with E-state index in [0.29, 0.717) is 11.3 Å². The van der Waals surface area contributed by atoms with E-state index >= 15 is 0 Å². The van der Waals surface area contributed by atoms with Gasteiger partial charge in [0.05, 0.1) is 11.7 Å². The Hall–Kier alpha value is -3.47. The van der Waals surface area contributed by atoms with Gasteiger partial charge >= 0.3 is 0 Å². The van der Waals surface area contributed by atoms with Crippen molar-refractivity contribution in [3.05, 3.63) is 95.8 Å². The number of amides is 2. The molecule has 0 saturated heterocycles. The Kier molecular flexibility index (Phi) is 5.15. The molecule has 2 N–H and O–H groups in total. The van der Waals surface area contributed by atoms with Crippen molar-refractivity contribution in [2.45, 2.75) is 18.9 Å². The van der Waals surface area contributed by atoms with E-state index < -0.39 is 0 Å². The van der Waals surface area contributed by atoms with Crippen molar-refractivity contribution < 1.29 is 9.59 Å². The Morgan fingerprint density at radius 1 is 0.929 bits per heavy atom. The maximum Gasteiger partial charge on any atom is 0.252 e. The molecule has 1 saturated carbocycles. The molecule has 0 aliphatic heterocycles.